The van der Waals surface area contributed by atoms with Crippen LogP contribution in [0.15, 0.2) is 67.0 Å². The lowest BCUT2D eigenvalue weighted by atomic mass is 10.2. The van der Waals surface area contributed by atoms with Gasteiger partial charge in [-0.25, -0.2) is 15.0 Å². The second-order valence-corrected chi connectivity index (χ2v) is 8.83. The van der Waals surface area contributed by atoms with Gasteiger partial charge >= 0.3 is 0 Å². The van der Waals surface area contributed by atoms with E-state index >= 15 is 0 Å². The molecule has 0 saturated carbocycles. The van der Waals surface area contributed by atoms with Crippen molar-refractivity contribution >= 4 is 11.6 Å². The Hall–Kier alpha value is -3.95. The van der Waals surface area contributed by atoms with E-state index in [1.807, 2.05) is 36.4 Å². The Labute approximate surface area is 209 Å². The molecular weight excluding hydrogens is 456 g/mol. The molecule has 0 aliphatic carbocycles. The SMILES string of the molecule is OC[C@@H]1CCCN1CCCOc1cccc(Nc2nccc(-c3cnc(-c4cccc(O)c4)[nH]3)n2)c1. The number of aromatic amines is 1. The summed E-state index contributed by atoms with van der Waals surface area (Å²) < 4.78 is 5.96. The molecule has 1 fully saturated rings. The van der Waals surface area contributed by atoms with Crippen LogP contribution in [-0.2, 0) is 0 Å². The molecule has 3 heterocycles. The zero-order valence-electron chi connectivity index (χ0n) is 20.0. The largest absolute Gasteiger partial charge is 0.508 e. The lowest BCUT2D eigenvalue weighted by Crippen LogP contribution is -2.33. The first-order valence-electron chi connectivity index (χ1n) is 12.2. The molecule has 0 amide bonds. The average Bonchev–Trinajstić information content (AvgIpc) is 3.57. The molecule has 1 aliphatic rings. The highest BCUT2D eigenvalue weighted by molar-refractivity contribution is 5.64. The van der Waals surface area contributed by atoms with Crippen LogP contribution in [0.25, 0.3) is 22.8 Å². The molecular formula is C27H30N6O3. The van der Waals surface area contributed by atoms with Crippen molar-refractivity contribution in [2.45, 2.75) is 25.3 Å². The Bertz CT molecular complexity index is 1290. The fourth-order valence-electron chi connectivity index (χ4n) is 4.47. The van der Waals surface area contributed by atoms with Gasteiger partial charge in [-0.05, 0) is 56.1 Å². The summed E-state index contributed by atoms with van der Waals surface area (Å²) in [6.07, 6.45) is 6.55. The van der Waals surface area contributed by atoms with Gasteiger partial charge < -0.3 is 25.3 Å². The molecule has 2 aromatic heterocycles. The van der Waals surface area contributed by atoms with Gasteiger partial charge in [-0.15, -0.1) is 0 Å². The minimum Gasteiger partial charge on any atom is -0.508 e. The lowest BCUT2D eigenvalue weighted by Gasteiger charge is -2.22. The van der Waals surface area contributed by atoms with Crippen molar-refractivity contribution in [1.29, 1.82) is 0 Å². The number of hydrogen-bond donors (Lipinski definition) is 4. The number of hydrogen-bond acceptors (Lipinski definition) is 8. The van der Waals surface area contributed by atoms with Crippen LogP contribution in [0.3, 0.4) is 0 Å². The van der Waals surface area contributed by atoms with E-state index in [2.05, 4.69) is 30.2 Å². The molecule has 36 heavy (non-hydrogen) atoms. The fourth-order valence-corrected chi connectivity index (χ4v) is 4.47. The second-order valence-electron chi connectivity index (χ2n) is 8.83. The van der Waals surface area contributed by atoms with Gasteiger partial charge in [0.2, 0.25) is 5.95 Å². The highest BCUT2D eigenvalue weighted by atomic mass is 16.5. The van der Waals surface area contributed by atoms with Gasteiger partial charge in [-0.2, -0.15) is 0 Å². The standard InChI is InChI=1S/C27H30N6O3/c34-18-21-7-3-12-33(21)13-4-14-36-23-9-2-6-20(16-23)30-27-28-11-10-24(32-27)25-17-29-26(31-25)19-5-1-8-22(35)15-19/h1-2,5-6,8-11,15-17,21,34-35H,3-4,7,12-14,18H2,(H,29,31)(H,28,30,32)/t21-/m0/s1. The van der Waals surface area contributed by atoms with Gasteiger partial charge in [0.25, 0.3) is 0 Å². The van der Waals surface area contributed by atoms with Crippen LogP contribution in [0.4, 0.5) is 11.6 Å². The van der Waals surface area contributed by atoms with E-state index in [1.165, 1.54) is 0 Å². The molecule has 1 atom stereocenters. The summed E-state index contributed by atoms with van der Waals surface area (Å²) in [6, 6.07) is 16.8. The number of phenols is 1. The topological polar surface area (TPSA) is 119 Å². The normalized spacial score (nSPS) is 15.8. The van der Waals surface area contributed by atoms with Crippen molar-refractivity contribution in [1.82, 2.24) is 24.8 Å². The number of aromatic nitrogens is 4. The Morgan fingerprint density at radius 3 is 2.92 bits per heavy atom. The first-order chi connectivity index (χ1) is 17.7. The van der Waals surface area contributed by atoms with Crippen molar-refractivity contribution in [2.24, 2.45) is 0 Å². The van der Waals surface area contributed by atoms with Gasteiger partial charge in [0.05, 0.1) is 30.8 Å². The van der Waals surface area contributed by atoms with Crippen LogP contribution in [0, 0.1) is 0 Å². The number of likely N-dealkylation sites (tertiary alicyclic amines) is 1. The quantitative estimate of drug-likeness (QED) is 0.246. The van der Waals surface area contributed by atoms with E-state index in [9.17, 15) is 10.2 Å². The summed E-state index contributed by atoms with van der Waals surface area (Å²) in [4.78, 5) is 19.0. The summed E-state index contributed by atoms with van der Waals surface area (Å²) in [6.45, 7) is 2.84. The van der Waals surface area contributed by atoms with Crippen molar-refractivity contribution in [2.75, 3.05) is 31.6 Å². The van der Waals surface area contributed by atoms with E-state index in [-0.39, 0.29) is 12.4 Å². The predicted molar refractivity (Wildman–Crippen MR) is 138 cm³/mol. The van der Waals surface area contributed by atoms with Crippen molar-refractivity contribution in [3.05, 3.63) is 67.0 Å². The third-order valence-electron chi connectivity index (χ3n) is 6.29. The Balaban J connectivity index is 1.19. The maximum absolute atomic E-state index is 9.73. The number of benzene rings is 2. The number of aliphatic hydroxyl groups is 1. The van der Waals surface area contributed by atoms with Crippen molar-refractivity contribution in [3.8, 4) is 34.3 Å². The van der Waals surface area contributed by atoms with E-state index in [4.69, 9.17) is 4.74 Å². The van der Waals surface area contributed by atoms with Crippen LogP contribution in [0.2, 0.25) is 0 Å². The van der Waals surface area contributed by atoms with E-state index in [1.54, 1.807) is 30.6 Å². The number of nitrogens with one attached hydrogen (secondary N) is 2. The van der Waals surface area contributed by atoms with Crippen molar-refractivity contribution in [3.63, 3.8) is 0 Å². The van der Waals surface area contributed by atoms with Gasteiger partial charge in [-0.1, -0.05) is 18.2 Å². The molecule has 2 aromatic carbocycles. The highest BCUT2D eigenvalue weighted by Crippen LogP contribution is 2.25. The number of H-pyrrole nitrogens is 1. The zero-order valence-corrected chi connectivity index (χ0v) is 20.0. The zero-order chi connectivity index (χ0) is 24.7. The van der Waals surface area contributed by atoms with Gasteiger partial charge in [0, 0.05) is 36.1 Å². The number of anilines is 2. The van der Waals surface area contributed by atoms with Gasteiger partial charge in [0.1, 0.15) is 17.3 Å². The van der Waals surface area contributed by atoms with Crippen LogP contribution in [0.1, 0.15) is 19.3 Å². The number of aromatic hydroxyl groups is 1. The summed E-state index contributed by atoms with van der Waals surface area (Å²) in [5.74, 6) is 2.07. The average molecular weight is 487 g/mol. The van der Waals surface area contributed by atoms with E-state index in [0.717, 1.165) is 55.0 Å². The smallest absolute Gasteiger partial charge is 0.227 e. The Morgan fingerprint density at radius 2 is 2.03 bits per heavy atom. The summed E-state index contributed by atoms with van der Waals surface area (Å²) in [5.41, 5.74) is 3.06. The molecule has 4 aromatic rings. The molecule has 186 valence electrons. The number of nitrogens with zero attached hydrogens (tertiary/aromatic N) is 4. The molecule has 4 N–H and O–H groups in total. The third kappa shape index (κ3) is 5.81. The summed E-state index contributed by atoms with van der Waals surface area (Å²) in [7, 11) is 0. The monoisotopic (exact) mass is 486 g/mol. The first kappa shape index (κ1) is 23.8. The number of aliphatic hydroxyl groups excluding tert-OH is 1. The van der Waals surface area contributed by atoms with E-state index < -0.39 is 0 Å². The molecule has 0 bridgehead atoms. The number of rotatable bonds is 10. The Morgan fingerprint density at radius 1 is 1.11 bits per heavy atom. The van der Waals surface area contributed by atoms with Crippen molar-refractivity contribution < 1.29 is 14.9 Å². The van der Waals surface area contributed by atoms with Gasteiger partial charge in [-0.3, -0.25) is 4.90 Å². The predicted octanol–water partition coefficient (Wildman–Crippen LogP) is 4.21. The summed E-state index contributed by atoms with van der Waals surface area (Å²) in [5, 5.41) is 22.4. The highest BCUT2D eigenvalue weighted by Gasteiger charge is 2.22. The third-order valence-corrected chi connectivity index (χ3v) is 6.29. The fraction of sp³-hybridized carbons (Fsp3) is 0.296. The number of ether oxygens (including phenoxy) is 1. The Kier molecular flexibility index (Phi) is 7.39. The number of imidazole rings is 1. The van der Waals surface area contributed by atoms with Crippen LogP contribution in [0.5, 0.6) is 11.5 Å². The molecule has 1 aliphatic heterocycles. The van der Waals surface area contributed by atoms with E-state index in [0.29, 0.717) is 30.1 Å². The molecule has 0 unspecified atom stereocenters. The molecule has 9 nitrogen and oxygen atoms in total. The maximum Gasteiger partial charge on any atom is 0.227 e. The van der Waals surface area contributed by atoms with Crippen LogP contribution >= 0.6 is 0 Å². The molecule has 5 rings (SSSR count). The van der Waals surface area contributed by atoms with Crippen LogP contribution in [-0.4, -0.2) is 67.4 Å². The lowest BCUT2D eigenvalue weighted by molar-refractivity contribution is 0.150. The molecule has 9 heteroatoms. The molecule has 0 spiro atoms. The number of phenolic OH excluding ortho intramolecular Hbond substituents is 1. The molecule has 0 radical (unpaired) electrons. The second kappa shape index (κ2) is 11.2. The molecule has 1 saturated heterocycles. The van der Waals surface area contributed by atoms with Gasteiger partial charge in [0.15, 0.2) is 0 Å². The first-order valence-corrected chi connectivity index (χ1v) is 12.2. The minimum absolute atomic E-state index is 0.187. The van der Waals surface area contributed by atoms with Crippen LogP contribution < -0.4 is 10.1 Å². The summed E-state index contributed by atoms with van der Waals surface area (Å²) >= 11 is 0. The maximum atomic E-state index is 9.73. The minimum atomic E-state index is 0.187.